The molecule has 0 nitrogen and oxygen atoms in total. The van der Waals surface area contributed by atoms with E-state index in [9.17, 15) is 0 Å². The SMILES string of the molecule is Cl.Cl.[SiH3]CC1CCCCCCCCCCCCCCCCC1. The van der Waals surface area contributed by atoms with Crippen molar-refractivity contribution in [2.45, 2.75) is 115 Å². The van der Waals surface area contributed by atoms with Gasteiger partial charge in [0.2, 0.25) is 0 Å². The first-order valence-electron chi connectivity index (χ1n) is 9.93. The average Bonchev–Trinajstić information content (AvgIpc) is 2.47. The molecule has 1 aliphatic rings. The molecule has 1 aliphatic carbocycles. The topological polar surface area (TPSA) is 0 Å². The molecule has 0 N–H and O–H groups in total. The van der Waals surface area contributed by atoms with Gasteiger partial charge in [-0.15, -0.1) is 24.8 Å². The Balaban J connectivity index is 0. The fourth-order valence-electron chi connectivity index (χ4n) is 3.72. The van der Waals surface area contributed by atoms with Crippen molar-refractivity contribution in [1.29, 1.82) is 0 Å². The van der Waals surface area contributed by atoms with Gasteiger partial charge >= 0.3 is 0 Å². The monoisotopic (exact) mass is 368 g/mol. The van der Waals surface area contributed by atoms with Gasteiger partial charge in [-0.3, -0.25) is 0 Å². The minimum absolute atomic E-state index is 0. The summed E-state index contributed by atoms with van der Waals surface area (Å²) in [7, 11) is 1.42. The molecule has 0 aromatic carbocycles. The molecule has 3 heteroatoms. The summed E-state index contributed by atoms with van der Waals surface area (Å²) in [6.45, 7) is 0. The second-order valence-corrected chi connectivity index (χ2v) is 7.97. The third-order valence-electron chi connectivity index (χ3n) is 5.30. The van der Waals surface area contributed by atoms with Crippen LogP contribution in [-0.4, -0.2) is 10.2 Å². The van der Waals surface area contributed by atoms with Crippen LogP contribution >= 0.6 is 24.8 Å². The van der Waals surface area contributed by atoms with E-state index in [1.165, 1.54) is 107 Å². The van der Waals surface area contributed by atoms with Crippen molar-refractivity contribution in [2.75, 3.05) is 0 Å². The van der Waals surface area contributed by atoms with Crippen LogP contribution in [0.4, 0.5) is 0 Å². The molecule has 0 amide bonds. The normalized spacial score (nSPS) is 21.8. The maximum absolute atomic E-state index is 1.56. The minimum atomic E-state index is 0. The summed E-state index contributed by atoms with van der Waals surface area (Å²) >= 11 is 0. The van der Waals surface area contributed by atoms with Crippen LogP contribution in [0.1, 0.15) is 109 Å². The van der Waals surface area contributed by atoms with Gasteiger partial charge in [0.25, 0.3) is 0 Å². The van der Waals surface area contributed by atoms with Gasteiger partial charge in [-0.1, -0.05) is 115 Å². The van der Waals surface area contributed by atoms with E-state index in [1.54, 1.807) is 18.9 Å². The first-order valence-corrected chi connectivity index (χ1v) is 11.3. The van der Waals surface area contributed by atoms with Gasteiger partial charge in [0.15, 0.2) is 0 Å². The van der Waals surface area contributed by atoms with Gasteiger partial charge in [0, 0.05) is 10.2 Å². The van der Waals surface area contributed by atoms with E-state index in [2.05, 4.69) is 0 Å². The van der Waals surface area contributed by atoms with Gasteiger partial charge in [0.05, 0.1) is 0 Å². The van der Waals surface area contributed by atoms with Gasteiger partial charge in [0.1, 0.15) is 0 Å². The molecule has 0 radical (unpaired) electrons. The van der Waals surface area contributed by atoms with Crippen molar-refractivity contribution >= 4 is 35.1 Å². The van der Waals surface area contributed by atoms with Crippen LogP contribution in [0, 0.1) is 5.92 Å². The predicted octanol–water partition coefficient (Wildman–Crippen LogP) is 6.88. The van der Waals surface area contributed by atoms with Crippen LogP contribution in [0.15, 0.2) is 0 Å². The van der Waals surface area contributed by atoms with Crippen LogP contribution in [0.25, 0.3) is 0 Å². The molecule has 0 aliphatic heterocycles. The molecule has 1 saturated carbocycles. The van der Waals surface area contributed by atoms with Gasteiger partial charge in [-0.25, -0.2) is 0 Å². The van der Waals surface area contributed by atoms with E-state index in [4.69, 9.17) is 0 Å². The van der Waals surface area contributed by atoms with E-state index < -0.39 is 0 Å². The summed E-state index contributed by atoms with van der Waals surface area (Å²) in [6, 6.07) is 1.56. The Morgan fingerprint density at radius 3 is 0.909 bits per heavy atom. The molecule has 0 aromatic rings. The van der Waals surface area contributed by atoms with E-state index in [0.29, 0.717) is 0 Å². The summed E-state index contributed by atoms with van der Waals surface area (Å²) < 4.78 is 0. The Morgan fingerprint density at radius 2 is 0.682 bits per heavy atom. The summed E-state index contributed by atoms with van der Waals surface area (Å²) in [5.74, 6) is 1.10. The van der Waals surface area contributed by atoms with Crippen molar-refractivity contribution in [2.24, 2.45) is 5.92 Å². The first-order chi connectivity index (χ1) is 9.93. The Labute approximate surface area is 156 Å². The zero-order chi connectivity index (χ0) is 14.3. The molecular formula is C19H42Cl2Si. The standard InChI is InChI=1S/C19H40Si.2ClH/c20-18-19-16-14-12-10-8-6-4-2-1-3-5-7-9-11-13-15-17-19;;/h19H,1-18H2,20H3;2*1H. The van der Waals surface area contributed by atoms with Crippen LogP contribution in [0.2, 0.25) is 6.04 Å². The van der Waals surface area contributed by atoms with E-state index >= 15 is 0 Å². The Bertz CT molecular complexity index is 182. The zero-order valence-corrected chi connectivity index (χ0v) is 18.8. The molecule has 22 heavy (non-hydrogen) atoms. The maximum atomic E-state index is 1.56. The maximum Gasteiger partial charge on any atom is 0.00314 e. The van der Waals surface area contributed by atoms with Crippen molar-refractivity contribution < 1.29 is 0 Å². The third kappa shape index (κ3) is 15.7. The van der Waals surface area contributed by atoms with Crippen molar-refractivity contribution in [1.82, 2.24) is 0 Å². The molecule has 0 bridgehead atoms. The molecule has 0 spiro atoms. The fourth-order valence-corrected chi connectivity index (χ4v) is 4.53. The lowest BCUT2D eigenvalue weighted by Gasteiger charge is -2.14. The molecule has 0 unspecified atom stereocenters. The van der Waals surface area contributed by atoms with E-state index in [0.717, 1.165) is 5.92 Å². The first kappa shape index (κ1) is 25.0. The molecule has 136 valence electrons. The quantitative estimate of drug-likeness (QED) is 0.442. The molecule has 1 fully saturated rings. The third-order valence-corrected chi connectivity index (χ3v) is 6.46. The Kier molecular flexibility index (Phi) is 22.6. The van der Waals surface area contributed by atoms with Crippen LogP contribution < -0.4 is 0 Å². The van der Waals surface area contributed by atoms with Crippen LogP contribution in [-0.2, 0) is 0 Å². The highest BCUT2D eigenvalue weighted by molar-refractivity contribution is 6.08. The van der Waals surface area contributed by atoms with Crippen molar-refractivity contribution in [3.05, 3.63) is 0 Å². The summed E-state index contributed by atoms with van der Waals surface area (Å²) in [5.41, 5.74) is 0. The lowest BCUT2D eigenvalue weighted by atomic mass is 9.95. The highest BCUT2D eigenvalue weighted by Crippen LogP contribution is 2.22. The predicted molar refractivity (Wildman–Crippen MR) is 111 cm³/mol. The van der Waals surface area contributed by atoms with Crippen LogP contribution in [0.5, 0.6) is 0 Å². The number of halogens is 2. The average molecular weight is 370 g/mol. The number of hydrogen-bond donors (Lipinski definition) is 0. The molecule has 0 atom stereocenters. The second-order valence-electron chi connectivity index (χ2n) is 7.15. The van der Waals surface area contributed by atoms with Crippen molar-refractivity contribution in [3.8, 4) is 0 Å². The smallest absolute Gasteiger partial charge is 0.00314 e. The lowest BCUT2D eigenvalue weighted by molar-refractivity contribution is 0.428. The highest BCUT2D eigenvalue weighted by Gasteiger charge is 2.06. The van der Waals surface area contributed by atoms with Gasteiger partial charge in [-0.2, -0.15) is 0 Å². The van der Waals surface area contributed by atoms with Crippen molar-refractivity contribution in [3.63, 3.8) is 0 Å². The Hall–Kier alpha value is 0.797. The molecular weight excluding hydrogens is 327 g/mol. The second kappa shape index (κ2) is 19.8. The molecule has 0 saturated heterocycles. The van der Waals surface area contributed by atoms with E-state index in [1.807, 2.05) is 0 Å². The summed E-state index contributed by atoms with van der Waals surface area (Å²) in [4.78, 5) is 0. The van der Waals surface area contributed by atoms with Crippen LogP contribution in [0.3, 0.4) is 0 Å². The summed E-state index contributed by atoms with van der Waals surface area (Å²) in [5, 5.41) is 0. The molecule has 1 rings (SSSR count). The fraction of sp³-hybridized carbons (Fsp3) is 1.00. The minimum Gasteiger partial charge on any atom is -0.147 e. The Morgan fingerprint density at radius 1 is 0.455 bits per heavy atom. The van der Waals surface area contributed by atoms with E-state index in [-0.39, 0.29) is 24.8 Å². The lowest BCUT2D eigenvalue weighted by Crippen LogP contribution is -2.00. The summed E-state index contributed by atoms with van der Waals surface area (Å²) in [6.07, 6.45) is 25.7. The highest BCUT2D eigenvalue weighted by atomic mass is 35.5. The molecule has 0 aromatic heterocycles. The number of hydrogen-bond acceptors (Lipinski definition) is 0. The van der Waals surface area contributed by atoms with Gasteiger partial charge < -0.3 is 0 Å². The molecule has 0 heterocycles. The zero-order valence-electron chi connectivity index (χ0n) is 15.1. The largest absolute Gasteiger partial charge is 0.147 e. The number of rotatable bonds is 1. The van der Waals surface area contributed by atoms with Gasteiger partial charge in [-0.05, 0) is 5.92 Å².